The SMILES string of the molecule is [2H]c1c([2H])c([2H])c(-c2c([2H])c([2H])c3c4c([2H])c([2H])c(-c5c([2H])c([2H])c([2H])c([2H])c5[2H])c([2H])c4n(-c4nc(-c5cccc(-c6cccc7oc8ccccc8c67)c5)nc(-n5c6c([2H])c([2H])c([2H])c([2H])c6c6c([2H])c([2H])c([2H])c([2H])c65)n4)c3c2[2H])c([2H])c1[2H]. The lowest BCUT2D eigenvalue weighted by molar-refractivity contribution is 0.669. The van der Waals surface area contributed by atoms with Gasteiger partial charge >= 0.3 is 0 Å². The van der Waals surface area contributed by atoms with Crippen LogP contribution >= 0.6 is 0 Å². The van der Waals surface area contributed by atoms with E-state index in [9.17, 15) is 13.7 Å². The summed E-state index contributed by atoms with van der Waals surface area (Å²) in [4.78, 5) is 14.7. The lowest BCUT2D eigenvalue weighted by Gasteiger charge is -2.14. The molecule has 294 valence electrons. The first-order chi connectivity index (χ1) is 41.2. The van der Waals surface area contributed by atoms with Crippen molar-refractivity contribution in [3.05, 3.63) is 212 Å². The highest BCUT2D eigenvalue weighted by atomic mass is 16.3. The van der Waals surface area contributed by atoms with Gasteiger partial charge in [-0.3, -0.25) is 9.13 Å². The standard InChI is InChI=1S/C57H35N5O/c1-3-15-36(16-4-1)38-29-31-45-46-32-30-39(37-17-5-2-6-18-37)35-51(46)62(50(45)34-38)57-59-55(58-56(60-57)61-48-25-10-7-21-43(48)44-22-8-11-26-49(44)61)41-20-13-19-40(33-41)42-24-14-28-53-54(42)47-23-9-12-27-52(47)63-53/h1-35H/i1D,2D,3D,4D,5D,6D,7D,8D,10D,11D,15D,16D,17D,18D,21D,22D,25D,26D,29D,30D,31D,32D,34D,35D. The van der Waals surface area contributed by atoms with E-state index < -0.39 is 212 Å². The lowest BCUT2D eigenvalue weighted by atomic mass is 9.98. The van der Waals surface area contributed by atoms with E-state index in [1.165, 1.54) is 0 Å². The van der Waals surface area contributed by atoms with E-state index in [1.807, 2.05) is 30.3 Å². The molecule has 4 aromatic heterocycles. The summed E-state index contributed by atoms with van der Waals surface area (Å²) in [5, 5.41) is -0.367. The highest BCUT2D eigenvalue weighted by Gasteiger charge is 2.22. The van der Waals surface area contributed by atoms with E-state index >= 15 is 0 Å². The Morgan fingerprint density at radius 1 is 0.381 bits per heavy atom. The smallest absolute Gasteiger partial charge is 0.240 e. The summed E-state index contributed by atoms with van der Waals surface area (Å²) in [6, 6.07) is -0.874. The van der Waals surface area contributed by atoms with Crippen molar-refractivity contribution >= 4 is 65.6 Å². The van der Waals surface area contributed by atoms with E-state index in [0.29, 0.717) is 22.3 Å². The Labute approximate surface area is 395 Å². The van der Waals surface area contributed by atoms with Gasteiger partial charge < -0.3 is 4.42 Å². The predicted octanol–water partition coefficient (Wildman–Crippen LogP) is 14.6. The summed E-state index contributed by atoms with van der Waals surface area (Å²) >= 11 is 0. The molecule has 0 saturated carbocycles. The molecule has 9 aromatic carbocycles. The van der Waals surface area contributed by atoms with Crippen molar-refractivity contribution in [3.63, 3.8) is 0 Å². The molecular formula is C57H35N5O. The van der Waals surface area contributed by atoms with E-state index in [4.69, 9.17) is 38.6 Å². The quantitative estimate of drug-likeness (QED) is 0.167. The fourth-order valence-corrected chi connectivity index (χ4v) is 7.95. The van der Waals surface area contributed by atoms with Crippen molar-refractivity contribution in [2.75, 3.05) is 0 Å². The van der Waals surface area contributed by atoms with E-state index in [0.717, 1.165) is 19.9 Å². The minimum absolute atomic E-state index is 0.147. The van der Waals surface area contributed by atoms with Crippen LogP contribution in [0.15, 0.2) is 216 Å². The van der Waals surface area contributed by atoms with E-state index in [-0.39, 0.29) is 22.2 Å². The first kappa shape index (κ1) is 19.0. The summed E-state index contributed by atoms with van der Waals surface area (Å²) in [6.45, 7) is 0. The number of fused-ring (bicyclic) bond motifs is 9. The van der Waals surface area contributed by atoms with Crippen LogP contribution < -0.4 is 0 Å². The van der Waals surface area contributed by atoms with Crippen molar-refractivity contribution in [3.8, 4) is 56.7 Å². The van der Waals surface area contributed by atoms with Gasteiger partial charge in [0.15, 0.2) is 5.82 Å². The molecule has 13 rings (SSSR count). The maximum Gasteiger partial charge on any atom is 0.240 e. The van der Waals surface area contributed by atoms with Crippen molar-refractivity contribution in [2.24, 2.45) is 0 Å². The Bertz CT molecular complexity index is 5080. The highest BCUT2D eigenvalue weighted by Crippen LogP contribution is 2.40. The van der Waals surface area contributed by atoms with Crippen molar-refractivity contribution in [1.82, 2.24) is 24.1 Å². The molecule has 0 aliphatic heterocycles. The van der Waals surface area contributed by atoms with E-state index in [1.54, 1.807) is 36.4 Å². The molecular weight excluding hydrogens is 771 g/mol. The molecule has 0 fully saturated rings. The normalized spacial score (nSPS) is 17.1. The topological polar surface area (TPSA) is 61.7 Å². The van der Waals surface area contributed by atoms with Gasteiger partial charge in [0.05, 0.1) is 55.0 Å². The van der Waals surface area contributed by atoms with Crippen molar-refractivity contribution in [1.29, 1.82) is 0 Å². The maximum atomic E-state index is 10.1. The molecule has 0 amide bonds. The molecule has 4 heterocycles. The van der Waals surface area contributed by atoms with Gasteiger partial charge in [-0.2, -0.15) is 15.0 Å². The van der Waals surface area contributed by atoms with Gasteiger partial charge in [-0.1, -0.05) is 169 Å². The van der Waals surface area contributed by atoms with Gasteiger partial charge in [0.1, 0.15) is 11.2 Å². The molecule has 0 atom stereocenters. The number of rotatable bonds is 6. The molecule has 0 aliphatic rings. The molecule has 6 heteroatoms. The number of para-hydroxylation sites is 3. The molecule has 0 saturated heterocycles. The summed E-state index contributed by atoms with van der Waals surface area (Å²) in [6.07, 6.45) is 0. The summed E-state index contributed by atoms with van der Waals surface area (Å²) in [5.74, 6) is -1.72. The first-order valence-electron chi connectivity index (χ1n) is 31.2. The Hall–Kier alpha value is -8.61. The first-order valence-corrected chi connectivity index (χ1v) is 19.2. The number of hydrogen-bond acceptors (Lipinski definition) is 4. The third-order valence-electron chi connectivity index (χ3n) is 10.7. The zero-order valence-electron chi connectivity index (χ0n) is 56.0. The third kappa shape index (κ3) is 5.62. The monoisotopic (exact) mass is 829 g/mol. The minimum atomic E-state index is -0.917. The maximum absolute atomic E-state index is 10.1. The second-order valence-corrected chi connectivity index (χ2v) is 14.2. The van der Waals surface area contributed by atoms with Crippen LogP contribution in [-0.2, 0) is 0 Å². The van der Waals surface area contributed by atoms with Gasteiger partial charge in [-0.05, 0) is 75.7 Å². The van der Waals surface area contributed by atoms with Gasteiger partial charge in [-0.25, -0.2) is 0 Å². The van der Waals surface area contributed by atoms with Crippen LogP contribution in [0.5, 0.6) is 0 Å². The fourth-order valence-electron chi connectivity index (χ4n) is 7.95. The third-order valence-corrected chi connectivity index (χ3v) is 10.7. The zero-order chi connectivity index (χ0) is 62.3. The average molecular weight is 830 g/mol. The molecule has 6 nitrogen and oxygen atoms in total. The summed E-state index contributed by atoms with van der Waals surface area (Å²) < 4.78 is 226. The highest BCUT2D eigenvalue weighted by molar-refractivity contribution is 6.13. The van der Waals surface area contributed by atoms with Crippen molar-refractivity contribution in [2.45, 2.75) is 0 Å². The molecule has 0 aliphatic carbocycles. The van der Waals surface area contributed by atoms with Gasteiger partial charge in [0.2, 0.25) is 11.9 Å². The molecule has 13 aromatic rings. The molecule has 0 bridgehead atoms. The number of nitrogens with zero attached hydrogens (tertiary/aromatic N) is 5. The summed E-state index contributed by atoms with van der Waals surface area (Å²) in [7, 11) is 0. The van der Waals surface area contributed by atoms with Crippen LogP contribution in [0.3, 0.4) is 0 Å². The lowest BCUT2D eigenvalue weighted by Crippen LogP contribution is -2.10. The Morgan fingerprint density at radius 3 is 1.56 bits per heavy atom. The minimum Gasteiger partial charge on any atom is -0.456 e. The van der Waals surface area contributed by atoms with Crippen LogP contribution in [0.2, 0.25) is 0 Å². The molecule has 0 unspecified atom stereocenters. The van der Waals surface area contributed by atoms with Gasteiger partial charge in [0.25, 0.3) is 0 Å². The van der Waals surface area contributed by atoms with Gasteiger partial charge in [-0.15, -0.1) is 0 Å². The number of hydrogen-bond donors (Lipinski definition) is 0. The fraction of sp³-hybridized carbons (Fsp3) is 0. The molecule has 63 heavy (non-hydrogen) atoms. The molecule has 0 N–H and O–H groups in total. The van der Waals surface area contributed by atoms with Crippen LogP contribution in [0, 0.1) is 0 Å². The number of aromatic nitrogens is 5. The van der Waals surface area contributed by atoms with Crippen LogP contribution in [0.4, 0.5) is 0 Å². The van der Waals surface area contributed by atoms with Crippen LogP contribution in [0.25, 0.3) is 122 Å². The largest absolute Gasteiger partial charge is 0.456 e. The van der Waals surface area contributed by atoms with Crippen molar-refractivity contribution < 1.29 is 37.3 Å². The molecule has 0 radical (unpaired) electrons. The number of furan rings is 1. The Balaban J connectivity index is 1.26. The molecule has 0 spiro atoms. The second kappa shape index (κ2) is 14.0. The van der Waals surface area contributed by atoms with Crippen LogP contribution in [-0.4, -0.2) is 24.1 Å². The Kier molecular flexibility index (Phi) is 4.21. The zero-order valence-corrected chi connectivity index (χ0v) is 32.0. The number of benzene rings is 9. The van der Waals surface area contributed by atoms with Gasteiger partial charge in [0, 0.05) is 37.9 Å². The Morgan fingerprint density at radius 2 is 0.905 bits per heavy atom. The average Bonchev–Trinajstić information content (AvgIpc) is 1.70. The van der Waals surface area contributed by atoms with E-state index in [2.05, 4.69) is 0 Å². The summed E-state index contributed by atoms with van der Waals surface area (Å²) in [5.41, 5.74) is -2.59. The second-order valence-electron chi connectivity index (χ2n) is 14.2. The predicted molar refractivity (Wildman–Crippen MR) is 258 cm³/mol. The van der Waals surface area contributed by atoms with Crippen LogP contribution in [0.1, 0.15) is 32.9 Å².